The minimum Gasteiger partial charge on any atom is -0.206 e. The first kappa shape index (κ1) is 24.3. The van der Waals surface area contributed by atoms with Crippen LogP contribution in [0.15, 0.2) is 73.4 Å². The molecule has 0 aliphatic heterocycles. The van der Waals surface area contributed by atoms with Gasteiger partial charge in [-0.05, 0) is 73.1 Å². The number of benzene rings is 2. The third-order valence-corrected chi connectivity index (χ3v) is 4.77. The molecule has 2 aromatic rings. The van der Waals surface area contributed by atoms with Crippen molar-refractivity contribution in [2.75, 3.05) is 0 Å². The lowest BCUT2D eigenvalue weighted by molar-refractivity contribution is -0.0790. The molecule has 0 aliphatic carbocycles. The second kappa shape index (κ2) is 11.4. The van der Waals surface area contributed by atoms with E-state index in [1.165, 1.54) is 0 Å². The van der Waals surface area contributed by atoms with Crippen LogP contribution in [-0.4, -0.2) is 6.18 Å². The molecule has 5 heteroatoms. The molecule has 0 nitrogen and oxygen atoms in total. The van der Waals surface area contributed by atoms with E-state index in [1.54, 1.807) is 6.08 Å². The zero-order valence-electron chi connectivity index (χ0n) is 17.4. The van der Waals surface area contributed by atoms with E-state index >= 15 is 0 Å². The molecule has 0 unspecified atom stereocenters. The number of rotatable bonds is 9. The van der Waals surface area contributed by atoms with Gasteiger partial charge in [0.1, 0.15) is 11.6 Å². The molecule has 0 bridgehead atoms. The van der Waals surface area contributed by atoms with E-state index in [0.717, 1.165) is 41.7 Å². The number of hydrogen-bond donors (Lipinski definition) is 0. The molecule has 0 fully saturated rings. The van der Waals surface area contributed by atoms with Gasteiger partial charge in [-0.15, -0.1) is 0 Å². The molecular weight excluding hydrogens is 407 g/mol. The summed E-state index contributed by atoms with van der Waals surface area (Å²) in [7, 11) is 0. The second-order valence-corrected chi connectivity index (χ2v) is 7.09. The van der Waals surface area contributed by atoms with Gasteiger partial charge in [-0.3, -0.25) is 0 Å². The first-order valence-corrected chi connectivity index (χ1v) is 10.0. The molecule has 0 spiro atoms. The van der Waals surface area contributed by atoms with Crippen LogP contribution in [0.4, 0.5) is 22.0 Å². The van der Waals surface area contributed by atoms with Crippen LogP contribution >= 0.6 is 0 Å². The van der Waals surface area contributed by atoms with Crippen molar-refractivity contribution < 1.29 is 22.0 Å². The third-order valence-electron chi connectivity index (χ3n) is 4.77. The van der Waals surface area contributed by atoms with Gasteiger partial charge < -0.3 is 0 Å². The van der Waals surface area contributed by atoms with Crippen LogP contribution in [0.3, 0.4) is 0 Å². The second-order valence-electron chi connectivity index (χ2n) is 7.09. The molecule has 0 saturated heterocycles. The highest BCUT2D eigenvalue weighted by Crippen LogP contribution is 2.23. The van der Waals surface area contributed by atoms with Crippen LogP contribution in [0.1, 0.15) is 42.0 Å². The minimum atomic E-state index is -4.62. The van der Waals surface area contributed by atoms with Gasteiger partial charge in [0.25, 0.3) is 0 Å². The van der Waals surface area contributed by atoms with Crippen molar-refractivity contribution in [1.82, 2.24) is 0 Å². The van der Waals surface area contributed by atoms with Gasteiger partial charge >= 0.3 is 6.18 Å². The summed E-state index contributed by atoms with van der Waals surface area (Å²) in [6.07, 6.45) is 6.06. The largest absolute Gasteiger partial charge is 0.409 e. The Morgan fingerprint density at radius 2 is 1.52 bits per heavy atom. The average Bonchev–Trinajstić information content (AvgIpc) is 2.71. The Morgan fingerprint density at radius 1 is 0.935 bits per heavy atom. The number of unbranched alkanes of at least 4 members (excludes halogenated alkanes) is 1. The van der Waals surface area contributed by atoms with Gasteiger partial charge in [0.05, 0.1) is 0 Å². The summed E-state index contributed by atoms with van der Waals surface area (Å²) in [5, 5.41) is 0. The van der Waals surface area contributed by atoms with Crippen LogP contribution in [-0.2, 0) is 12.8 Å². The van der Waals surface area contributed by atoms with Crippen LogP contribution in [0.5, 0.6) is 0 Å². The molecule has 0 aliphatic rings. The minimum absolute atomic E-state index is 0.172. The predicted octanol–water partition coefficient (Wildman–Crippen LogP) is 8.25. The highest BCUT2D eigenvalue weighted by Gasteiger charge is 2.22. The smallest absolute Gasteiger partial charge is 0.206 e. The van der Waals surface area contributed by atoms with Crippen LogP contribution in [0.25, 0.3) is 11.6 Å². The van der Waals surface area contributed by atoms with E-state index in [4.69, 9.17) is 0 Å². The van der Waals surface area contributed by atoms with Crippen molar-refractivity contribution in [1.29, 1.82) is 0 Å². The zero-order chi connectivity index (χ0) is 22.9. The number of halogens is 5. The maximum Gasteiger partial charge on any atom is 0.409 e. The van der Waals surface area contributed by atoms with Gasteiger partial charge in [-0.2, -0.15) is 13.2 Å². The summed E-state index contributed by atoms with van der Waals surface area (Å²) in [5.74, 6) is -1.98. The van der Waals surface area contributed by atoms with E-state index < -0.39 is 23.4 Å². The first-order chi connectivity index (χ1) is 14.7. The van der Waals surface area contributed by atoms with Crippen LogP contribution < -0.4 is 0 Å². The van der Waals surface area contributed by atoms with Crippen molar-refractivity contribution in [2.24, 2.45) is 0 Å². The summed E-state index contributed by atoms with van der Waals surface area (Å²) in [5.41, 5.74) is 3.13. The molecule has 0 N–H and O–H groups in total. The maximum absolute atomic E-state index is 14.0. The van der Waals surface area contributed by atoms with E-state index in [0.29, 0.717) is 24.5 Å². The summed E-state index contributed by atoms with van der Waals surface area (Å²) in [6.45, 7) is 5.64. The Hall–Kier alpha value is -2.95. The van der Waals surface area contributed by atoms with E-state index in [-0.39, 0.29) is 6.08 Å². The number of alkyl halides is 3. The first-order valence-electron chi connectivity index (χ1n) is 10.0. The molecule has 0 atom stereocenters. The Bertz CT molecular complexity index is 937. The average molecular weight is 432 g/mol. The molecule has 2 rings (SSSR count). The molecule has 0 radical (unpaired) electrons. The molecule has 0 saturated carbocycles. The summed E-state index contributed by atoms with van der Waals surface area (Å²) in [4.78, 5) is 0. The summed E-state index contributed by atoms with van der Waals surface area (Å²) in [6, 6.07) is 10.4. The van der Waals surface area contributed by atoms with Crippen molar-refractivity contribution in [3.05, 3.63) is 107 Å². The fourth-order valence-corrected chi connectivity index (χ4v) is 3.17. The van der Waals surface area contributed by atoms with Gasteiger partial charge in [0.2, 0.25) is 0 Å². The van der Waals surface area contributed by atoms with Gasteiger partial charge in [-0.1, -0.05) is 55.1 Å². The van der Waals surface area contributed by atoms with Crippen molar-refractivity contribution in [3.63, 3.8) is 0 Å². The third kappa shape index (κ3) is 8.00. The Balaban J connectivity index is 1.91. The van der Waals surface area contributed by atoms with E-state index in [1.807, 2.05) is 25.2 Å². The standard InChI is InChI=1S/C26H25F5/c1-3-5-10-21(4-2)22-13-11-19(12-14-22)8-6-7-9-20-17-24(27)23(25(28)18-20)15-16-26(29,30)31/h3-5,10-18H,1,6-9H2,2H3/b10-5-,16-15+,21-4+. The molecule has 0 heterocycles. The lowest BCUT2D eigenvalue weighted by Crippen LogP contribution is -2.01. The van der Waals surface area contributed by atoms with Gasteiger partial charge in [0, 0.05) is 11.6 Å². The van der Waals surface area contributed by atoms with E-state index in [9.17, 15) is 22.0 Å². The summed E-state index contributed by atoms with van der Waals surface area (Å²) >= 11 is 0. The zero-order valence-corrected chi connectivity index (χ0v) is 17.4. The topological polar surface area (TPSA) is 0 Å². The number of aryl methyl sites for hydroxylation is 2. The van der Waals surface area contributed by atoms with E-state index in [2.05, 4.69) is 30.8 Å². The Morgan fingerprint density at radius 3 is 2.03 bits per heavy atom. The Kier molecular flexibility index (Phi) is 8.98. The number of hydrogen-bond acceptors (Lipinski definition) is 0. The molecule has 2 aromatic carbocycles. The van der Waals surface area contributed by atoms with Crippen LogP contribution in [0, 0.1) is 11.6 Å². The lowest BCUT2D eigenvalue weighted by atomic mass is 9.99. The van der Waals surface area contributed by atoms with Crippen molar-refractivity contribution >= 4 is 11.6 Å². The fraction of sp³-hybridized carbons (Fsp3) is 0.231. The fourth-order valence-electron chi connectivity index (χ4n) is 3.17. The maximum atomic E-state index is 14.0. The van der Waals surface area contributed by atoms with Crippen LogP contribution in [0.2, 0.25) is 0 Å². The quantitative estimate of drug-likeness (QED) is 0.213. The highest BCUT2D eigenvalue weighted by molar-refractivity contribution is 5.74. The van der Waals surface area contributed by atoms with Crippen molar-refractivity contribution in [3.8, 4) is 0 Å². The SMILES string of the molecule is C=C/C=C\C(=C/C)c1ccc(CCCCc2cc(F)c(/C=C/C(F)(F)F)c(F)c2)cc1. The van der Waals surface area contributed by atoms with Gasteiger partial charge in [-0.25, -0.2) is 8.78 Å². The Labute approximate surface area is 180 Å². The number of allylic oxidation sites excluding steroid dienone is 6. The molecule has 164 valence electrons. The summed E-state index contributed by atoms with van der Waals surface area (Å²) < 4.78 is 64.6. The van der Waals surface area contributed by atoms with Gasteiger partial charge in [0.15, 0.2) is 0 Å². The molecular formula is C26H25F5. The lowest BCUT2D eigenvalue weighted by Gasteiger charge is -2.07. The highest BCUT2D eigenvalue weighted by atomic mass is 19.4. The predicted molar refractivity (Wildman–Crippen MR) is 118 cm³/mol. The normalized spacial score (nSPS) is 12.8. The molecule has 0 amide bonds. The van der Waals surface area contributed by atoms with Crippen molar-refractivity contribution in [2.45, 2.75) is 38.8 Å². The molecule has 0 aromatic heterocycles. The monoisotopic (exact) mass is 432 g/mol. The molecule has 31 heavy (non-hydrogen) atoms.